The first-order chi connectivity index (χ1) is 8.66. The van der Waals surface area contributed by atoms with E-state index in [0.717, 1.165) is 22.7 Å². The summed E-state index contributed by atoms with van der Waals surface area (Å²) in [5.41, 5.74) is 1.31. The lowest BCUT2D eigenvalue weighted by Crippen LogP contribution is -2.37. The van der Waals surface area contributed by atoms with Gasteiger partial charge in [0.1, 0.15) is 0 Å². The molecule has 1 aliphatic heterocycles. The molecular formula is C13H13NOS3. The van der Waals surface area contributed by atoms with Crippen molar-refractivity contribution in [2.24, 2.45) is 0 Å². The fourth-order valence-corrected chi connectivity index (χ4v) is 4.43. The molecule has 0 saturated carbocycles. The maximum Gasteiger partial charge on any atom is 0.264 e. The van der Waals surface area contributed by atoms with Crippen molar-refractivity contribution >= 4 is 41.2 Å². The van der Waals surface area contributed by atoms with Crippen molar-refractivity contribution in [2.75, 3.05) is 6.54 Å². The van der Waals surface area contributed by atoms with Gasteiger partial charge < -0.3 is 4.90 Å². The SMILES string of the molecule is CC1c2ccsc2CCN1C(=O)c1cc(S)cs1. The van der Waals surface area contributed by atoms with Crippen molar-refractivity contribution in [3.63, 3.8) is 0 Å². The molecule has 94 valence electrons. The van der Waals surface area contributed by atoms with Gasteiger partial charge in [0.2, 0.25) is 0 Å². The van der Waals surface area contributed by atoms with Gasteiger partial charge in [0.05, 0.1) is 10.9 Å². The number of amides is 1. The highest BCUT2D eigenvalue weighted by Gasteiger charge is 2.29. The second-order valence-corrected chi connectivity index (χ2v) is 6.82. The van der Waals surface area contributed by atoms with Crippen LogP contribution in [0.5, 0.6) is 0 Å². The van der Waals surface area contributed by atoms with E-state index in [-0.39, 0.29) is 11.9 Å². The van der Waals surface area contributed by atoms with E-state index >= 15 is 0 Å². The van der Waals surface area contributed by atoms with E-state index in [1.807, 2.05) is 16.3 Å². The third-order valence-electron chi connectivity index (χ3n) is 3.33. The molecule has 3 heterocycles. The number of rotatable bonds is 1. The van der Waals surface area contributed by atoms with Crippen molar-refractivity contribution in [3.05, 3.63) is 38.2 Å². The van der Waals surface area contributed by atoms with Gasteiger partial charge in [-0.05, 0) is 36.4 Å². The van der Waals surface area contributed by atoms with E-state index in [1.165, 1.54) is 21.8 Å². The van der Waals surface area contributed by atoms with Gasteiger partial charge in [-0.3, -0.25) is 4.79 Å². The number of thiol groups is 1. The predicted molar refractivity (Wildman–Crippen MR) is 79.0 cm³/mol. The van der Waals surface area contributed by atoms with Gasteiger partial charge in [-0.1, -0.05) is 0 Å². The first kappa shape index (κ1) is 12.3. The van der Waals surface area contributed by atoms with E-state index in [0.29, 0.717) is 0 Å². The average Bonchev–Trinajstić information content (AvgIpc) is 2.97. The normalized spacial score (nSPS) is 18.8. The zero-order chi connectivity index (χ0) is 12.7. The Morgan fingerprint density at radius 2 is 2.33 bits per heavy atom. The first-order valence-corrected chi connectivity index (χ1v) is 8.02. The van der Waals surface area contributed by atoms with E-state index < -0.39 is 0 Å². The predicted octanol–water partition coefficient (Wildman–Crippen LogP) is 3.86. The molecule has 5 heteroatoms. The van der Waals surface area contributed by atoms with Gasteiger partial charge in [-0.25, -0.2) is 0 Å². The first-order valence-electron chi connectivity index (χ1n) is 5.81. The quantitative estimate of drug-likeness (QED) is 0.792. The van der Waals surface area contributed by atoms with Crippen molar-refractivity contribution < 1.29 is 4.79 Å². The maximum absolute atomic E-state index is 12.5. The van der Waals surface area contributed by atoms with E-state index in [1.54, 1.807) is 11.3 Å². The monoisotopic (exact) mass is 295 g/mol. The van der Waals surface area contributed by atoms with Crippen LogP contribution >= 0.6 is 35.3 Å². The average molecular weight is 295 g/mol. The second kappa shape index (κ2) is 4.72. The molecule has 0 spiro atoms. The van der Waals surface area contributed by atoms with Gasteiger partial charge in [-0.15, -0.1) is 35.3 Å². The molecule has 0 saturated heterocycles. The maximum atomic E-state index is 12.5. The minimum absolute atomic E-state index is 0.129. The van der Waals surface area contributed by atoms with Crippen LogP contribution in [0.3, 0.4) is 0 Å². The van der Waals surface area contributed by atoms with Crippen LogP contribution in [0, 0.1) is 0 Å². The summed E-state index contributed by atoms with van der Waals surface area (Å²) in [4.78, 5) is 17.5. The highest BCUT2D eigenvalue weighted by atomic mass is 32.1. The third-order valence-corrected chi connectivity index (χ3v) is 5.68. The van der Waals surface area contributed by atoms with Crippen LogP contribution in [0.4, 0.5) is 0 Å². The topological polar surface area (TPSA) is 20.3 Å². The molecule has 0 aromatic carbocycles. The Morgan fingerprint density at radius 1 is 1.50 bits per heavy atom. The lowest BCUT2D eigenvalue weighted by atomic mass is 10.0. The molecule has 0 N–H and O–H groups in total. The Morgan fingerprint density at radius 3 is 3.06 bits per heavy atom. The van der Waals surface area contributed by atoms with Crippen molar-refractivity contribution in [1.29, 1.82) is 0 Å². The molecule has 0 fully saturated rings. The molecule has 0 bridgehead atoms. The van der Waals surface area contributed by atoms with Crippen LogP contribution in [-0.2, 0) is 6.42 Å². The number of carbonyl (C=O) groups excluding carboxylic acids is 1. The number of hydrogen-bond donors (Lipinski definition) is 1. The Balaban J connectivity index is 1.88. The third kappa shape index (κ3) is 2.00. The number of fused-ring (bicyclic) bond motifs is 1. The Labute approximate surface area is 120 Å². The molecule has 1 unspecified atom stereocenters. The van der Waals surface area contributed by atoms with Crippen LogP contribution in [0.25, 0.3) is 0 Å². The van der Waals surface area contributed by atoms with Gasteiger partial charge in [0.15, 0.2) is 0 Å². The van der Waals surface area contributed by atoms with Gasteiger partial charge in [0, 0.05) is 21.7 Å². The smallest absolute Gasteiger partial charge is 0.264 e. The summed E-state index contributed by atoms with van der Waals surface area (Å²) >= 11 is 7.53. The molecule has 2 aromatic rings. The summed E-state index contributed by atoms with van der Waals surface area (Å²) in [5.74, 6) is 0.129. The molecule has 0 radical (unpaired) electrons. The van der Waals surface area contributed by atoms with Crippen LogP contribution in [0.15, 0.2) is 27.8 Å². The van der Waals surface area contributed by atoms with Gasteiger partial charge in [0.25, 0.3) is 5.91 Å². The van der Waals surface area contributed by atoms with Gasteiger partial charge in [-0.2, -0.15) is 0 Å². The molecule has 1 amide bonds. The molecule has 1 atom stereocenters. The van der Waals surface area contributed by atoms with Crippen molar-refractivity contribution in [3.8, 4) is 0 Å². The minimum atomic E-state index is 0.129. The molecule has 2 nitrogen and oxygen atoms in total. The number of thiophene rings is 2. The molecular weight excluding hydrogens is 282 g/mol. The molecule has 2 aromatic heterocycles. The van der Waals surface area contributed by atoms with Crippen LogP contribution in [0.2, 0.25) is 0 Å². The Hall–Kier alpha value is -0.780. The van der Waals surface area contributed by atoms with Crippen LogP contribution in [-0.4, -0.2) is 17.4 Å². The number of carbonyl (C=O) groups is 1. The Kier molecular flexibility index (Phi) is 3.21. The fourth-order valence-electron chi connectivity index (χ4n) is 2.37. The largest absolute Gasteiger partial charge is 0.331 e. The van der Waals surface area contributed by atoms with E-state index in [4.69, 9.17) is 0 Å². The Bertz CT molecular complexity index is 587. The fraction of sp³-hybridized carbons (Fsp3) is 0.308. The summed E-state index contributed by atoms with van der Waals surface area (Å²) in [6, 6.07) is 4.17. The van der Waals surface area contributed by atoms with Crippen LogP contribution in [0.1, 0.15) is 33.1 Å². The van der Waals surface area contributed by atoms with Gasteiger partial charge >= 0.3 is 0 Å². The molecule has 3 rings (SSSR count). The van der Waals surface area contributed by atoms with Crippen molar-refractivity contribution in [1.82, 2.24) is 4.90 Å². The van der Waals surface area contributed by atoms with E-state index in [2.05, 4.69) is 31.0 Å². The summed E-state index contributed by atoms with van der Waals surface area (Å²) in [5, 5.41) is 4.02. The minimum Gasteiger partial charge on any atom is -0.331 e. The molecule has 18 heavy (non-hydrogen) atoms. The van der Waals surface area contributed by atoms with Crippen molar-refractivity contribution in [2.45, 2.75) is 24.3 Å². The summed E-state index contributed by atoms with van der Waals surface area (Å²) in [7, 11) is 0. The lowest BCUT2D eigenvalue weighted by molar-refractivity contribution is 0.0684. The lowest BCUT2D eigenvalue weighted by Gasteiger charge is -2.33. The second-order valence-electron chi connectivity index (χ2n) is 4.39. The highest BCUT2D eigenvalue weighted by molar-refractivity contribution is 7.80. The number of nitrogens with zero attached hydrogens (tertiary/aromatic N) is 1. The molecule has 0 aliphatic carbocycles. The zero-order valence-corrected chi connectivity index (χ0v) is 12.4. The van der Waals surface area contributed by atoms with E-state index in [9.17, 15) is 4.79 Å². The molecule has 1 aliphatic rings. The zero-order valence-electron chi connectivity index (χ0n) is 9.92. The highest BCUT2D eigenvalue weighted by Crippen LogP contribution is 2.34. The summed E-state index contributed by atoms with van der Waals surface area (Å²) in [6.07, 6.45) is 0.974. The summed E-state index contributed by atoms with van der Waals surface area (Å²) in [6.45, 7) is 2.92. The van der Waals surface area contributed by atoms with Crippen LogP contribution < -0.4 is 0 Å². The standard InChI is InChI=1S/C13H13NOS3/c1-8-10-3-5-17-11(10)2-4-14(8)13(15)12-6-9(16)7-18-12/h3,5-8,16H,2,4H2,1H3. The number of hydrogen-bond acceptors (Lipinski definition) is 4. The summed E-state index contributed by atoms with van der Waals surface area (Å²) < 4.78 is 0.